The van der Waals surface area contributed by atoms with Crippen molar-refractivity contribution in [3.05, 3.63) is 64.4 Å². The van der Waals surface area contributed by atoms with E-state index in [4.69, 9.17) is 4.74 Å². The number of amides is 1. The first kappa shape index (κ1) is 15.0. The topological polar surface area (TPSA) is 42.4 Å². The van der Waals surface area contributed by atoms with Crippen LogP contribution in [0.5, 0.6) is 0 Å². The van der Waals surface area contributed by atoms with E-state index in [2.05, 4.69) is 20.9 Å². The largest absolute Gasteiger partial charge is 0.445 e. The summed E-state index contributed by atoms with van der Waals surface area (Å²) in [6.45, 7) is 1.04. The molecule has 1 aliphatic rings. The fourth-order valence-electron chi connectivity index (χ4n) is 2.72. The lowest BCUT2D eigenvalue weighted by molar-refractivity contribution is 0.0920. The number of pyridine rings is 1. The van der Waals surface area contributed by atoms with Gasteiger partial charge in [-0.1, -0.05) is 36.4 Å². The number of aromatic nitrogens is 1. The second kappa shape index (κ2) is 6.92. The van der Waals surface area contributed by atoms with Crippen molar-refractivity contribution in [2.75, 3.05) is 6.54 Å². The maximum Gasteiger partial charge on any atom is 0.410 e. The van der Waals surface area contributed by atoms with Crippen molar-refractivity contribution in [3.8, 4) is 0 Å². The molecule has 2 heterocycles. The highest BCUT2D eigenvalue weighted by atomic mass is 79.9. The molecule has 1 atom stereocenters. The zero-order chi connectivity index (χ0) is 15.4. The molecule has 0 radical (unpaired) electrons. The minimum Gasteiger partial charge on any atom is -0.445 e. The standard InChI is InChI=1S/C17H17BrN2O2/c18-16-9-8-14(11-19-16)15-7-4-10-20(15)17(21)22-12-13-5-2-1-3-6-13/h1-3,5-6,8-9,11,15H,4,7,10,12H2. The van der Waals surface area contributed by atoms with Crippen LogP contribution in [0.2, 0.25) is 0 Å². The van der Waals surface area contributed by atoms with Crippen molar-refractivity contribution < 1.29 is 9.53 Å². The van der Waals surface area contributed by atoms with E-state index in [1.165, 1.54) is 0 Å². The number of ether oxygens (including phenoxy) is 1. The van der Waals surface area contributed by atoms with Crippen LogP contribution in [0.3, 0.4) is 0 Å². The predicted octanol–water partition coefficient (Wildman–Crippen LogP) is 4.32. The lowest BCUT2D eigenvalue weighted by Crippen LogP contribution is -2.31. The lowest BCUT2D eigenvalue weighted by Gasteiger charge is -2.24. The van der Waals surface area contributed by atoms with E-state index in [0.29, 0.717) is 6.61 Å². The van der Waals surface area contributed by atoms with Crippen molar-refractivity contribution in [1.29, 1.82) is 0 Å². The lowest BCUT2D eigenvalue weighted by atomic mass is 10.1. The maximum atomic E-state index is 12.3. The number of benzene rings is 1. The number of likely N-dealkylation sites (tertiary alicyclic amines) is 1. The molecule has 0 aliphatic carbocycles. The molecule has 1 amide bonds. The third kappa shape index (κ3) is 3.47. The molecule has 5 heteroatoms. The van der Waals surface area contributed by atoms with Crippen LogP contribution >= 0.6 is 15.9 Å². The minimum absolute atomic E-state index is 0.0591. The molecule has 1 saturated heterocycles. The van der Waals surface area contributed by atoms with Gasteiger partial charge in [0.05, 0.1) is 6.04 Å². The van der Waals surface area contributed by atoms with Crippen LogP contribution in [0.15, 0.2) is 53.3 Å². The van der Waals surface area contributed by atoms with Gasteiger partial charge in [-0.25, -0.2) is 9.78 Å². The molecular weight excluding hydrogens is 344 g/mol. The summed E-state index contributed by atoms with van der Waals surface area (Å²) in [6.07, 6.45) is 3.50. The molecule has 3 rings (SSSR count). The van der Waals surface area contributed by atoms with Gasteiger partial charge in [-0.3, -0.25) is 0 Å². The van der Waals surface area contributed by atoms with Gasteiger partial charge in [0, 0.05) is 12.7 Å². The van der Waals surface area contributed by atoms with Crippen LogP contribution in [0, 0.1) is 0 Å². The van der Waals surface area contributed by atoms with Gasteiger partial charge in [0.2, 0.25) is 0 Å². The summed E-state index contributed by atoms with van der Waals surface area (Å²) < 4.78 is 6.24. The van der Waals surface area contributed by atoms with E-state index in [1.54, 1.807) is 4.90 Å². The summed E-state index contributed by atoms with van der Waals surface area (Å²) in [6, 6.07) is 13.7. The van der Waals surface area contributed by atoms with E-state index in [9.17, 15) is 4.79 Å². The summed E-state index contributed by atoms with van der Waals surface area (Å²) in [5.74, 6) is 0. The molecule has 0 spiro atoms. The Bertz CT molecular complexity index is 631. The predicted molar refractivity (Wildman–Crippen MR) is 87.2 cm³/mol. The highest BCUT2D eigenvalue weighted by Gasteiger charge is 2.31. The maximum absolute atomic E-state index is 12.3. The van der Waals surface area contributed by atoms with Crippen molar-refractivity contribution in [3.63, 3.8) is 0 Å². The summed E-state index contributed by atoms with van der Waals surface area (Å²) >= 11 is 3.33. The van der Waals surface area contributed by atoms with E-state index in [-0.39, 0.29) is 12.1 Å². The van der Waals surface area contributed by atoms with E-state index < -0.39 is 0 Å². The van der Waals surface area contributed by atoms with Crippen molar-refractivity contribution in [2.24, 2.45) is 0 Å². The molecule has 1 unspecified atom stereocenters. The van der Waals surface area contributed by atoms with E-state index >= 15 is 0 Å². The van der Waals surface area contributed by atoms with Crippen LogP contribution in [-0.4, -0.2) is 22.5 Å². The molecule has 22 heavy (non-hydrogen) atoms. The minimum atomic E-state index is -0.255. The Morgan fingerprint density at radius 1 is 1.27 bits per heavy atom. The van der Waals surface area contributed by atoms with Gasteiger partial charge in [0.25, 0.3) is 0 Å². The van der Waals surface area contributed by atoms with Crippen molar-refractivity contribution >= 4 is 22.0 Å². The Balaban J connectivity index is 1.65. The van der Waals surface area contributed by atoms with Gasteiger partial charge in [0.15, 0.2) is 0 Å². The number of rotatable bonds is 3. The summed E-state index contributed by atoms with van der Waals surface area (Å²) in [5.41, 5.74) is 2.05. The Labute approximate surface area is 138 Å². The molecule has 1 fully saturated rings. The molecule has 1 aliphatic heterocycles. The van der Waals surface area contributed by atoms with Gasteiger partial charge in [0.1, 0.15) is 11.2 Å². The number of halogens is 1. The smallest absolute Gasteiger partial charge is 0.410 e. The Morgan fingerprint density at radius 3 is 2.82 bits per heavy atom. The average Bonchev–Trinajstić information content (AvgIpc) is 3.04. The van der Waals surface area contributed by atoms with Crippen LogP contribution in [-0.2, 0) is 11.3 Å². The second-order valence-corrected chi connectivity index (χ2v) is 6.12. The number of carbonyl (C=O) groups is 1. The highest BCUT2D eigenvalue weighted by molar-refractivity contribution is 9.10. The third-order valence-corrected chi connectivity index (χ3v) is 4.30. The number of hydrogen-bond donors (Lipinski definition) is 0. The Hall–Kier alpha value is -1.88. The van der Waals surface area contributed by atoms with Crippen LogP contribution < -0.4 is 0 Å². The molecule has 0 saturated carbocycles. The van der Waals surface area contributed by atoms with Gasteiger partial charge in [-0.15, -0.1) is 0 Å². The first-order chi connectivity index (χ1) is 10.7. The van der Waals surface area contributed by atoms with Crippen LogP contribution in [0.1, 0.15) is 30.0 Å². The monoisotopic (exact) mass is 360 g/mol. The SMILES string of the molecule is O=C(OCc1ccccc1)N1CCCC1c1ccc(Br)nc1. The zero-order valence-electron chi connectivity index (χ0n) is 12.1. The van der Waals surface area contributed by atoms with E-state index in [0.717, 1.165) is 35.1 Å². The molecule has 1 aromatic heterocycles. The molecule has 2 aromatic rings. The van der Waals surface area contributed by atoms with Gasteiger partial charge in [-0.2, -0.15) is 0 Å². The molecule has 0 N–H and O–H groups in total. The Morgan fingerprint density at radius 2 is 2.09 bits per heavy atom. The quantitative estimate of drug-likeness (QED) is 0.765. The average molecular weight is 361 g/mol. The molecule has 4 nitrogen and oxygen atoms in total. The van der Waals surface area contributed by atoms with Crippen molar-refractivity contribution in [1.82, 2.24) is 9.88 Å². The summed E-state index contributed by atoms with van der Waals surface area (Å²) in [4.78, 5) is 18.4. The fraction of sp³-hybridized carbons (Fsp3) is 0.294. The summed E-state index contributed by atoms with van der Waals surface area (Å²) in [7, 11) is 0. The van der Waals surface area contributed by atoms with Gasteiger partial charge in [-0.05, 0) is 46.0 Å². The van der Waals surface area contributed by atoms with Crippen LogP contribution in [0.4, 0.5) is 4.79 Å². The second-order valence-electron chi connectivity index (χ2n) is 5.31. The van der Waals surface area contributed by atoms with Crippen LogP contribution in [0.25, 0.3) is 0 Å². The van der Waals surface area contributed by atoms with E-state index in [1.807, 2.05) is 48.7 Å². The Kier molecular flexibility index (Phi) is 4.73. The molecule has 1 aromatic carbocycles. The van der Waals surface area contributed by atoms with Gasteiger partial charge < -0.3 is 9.64 Å². The zero-order valence-corrected chi connectivity index (χ0v) is 13.7. The summed E-state index contributed by atoms with van der Waals surface area (Å²) in [5, 5.41) is 0. The number of hydrogen-bond acceptors (Lipinski definition) is 3. The number of carbonyl (C=O) groups excluding carboxylic acids is 1. The highest BCUT2D eigenvalue weighted by Crippen LogP contribution is 2.32. The molecule has 114 valence electrons. The molecule has 0 bridgehead atoms. The first-order valence-electron chi connectivity index (χ1n) is 7.33. The molecular formula is C17H17BrN2O2. The van der Waals surface area contributed by atoms with Gasteiger partial charge >= 0.3 is 6.09 Å². The fourth-order valence-corrected chi connectivity index (χ4v) is 2.95. The normalized spacial score (nSPS) is 17.5. The third-order valence-electron chi connectivity index (χ3n) is 3.83. The number of nitrogens with zero attached hydrogens (tertiary/aromatic N) is 2. The first-order valence-corrected chi connectivity index (χ1v) is 8.12. The van der Waals surface area contributed by atoms with Crippen molar-refractivity contribution in [2.45, 2.75) is 25.5 Å².